The maximum Gasteiger partial charge on any atom is 0.243 e. The topological polar surface area (TPSA) is 78.4 Å². The Bertz CT molecular complexity index is 545. The molecule has 5 nitrogen and oxygen atoms in total. The molecule has 1 saturated carbocycles. The van der Waals surface area contributed by atoms with Gasteiger partial charge in [0.05, 0.1) is 6.42 Å². The Morgan fingerprint density at radius 2 is 1.92 bits per heavy atom. The molecule has 5 heteroatoms. The minimum Gasteiger partial charge on any atom is -0.396 e. The van der Waals surface area contributed by atoms with Gasteiger partial charge < -0.3 is 15.7 Å². The Labute approximate surface area is 143 Å². The first-order valence-corrected chi connectivity index (χ1v) is 8.75. The molecule has 1 aliphatic rings. The molecule has 24 heavy (non-hydrogen) atoms. The third-order valence-electron chi connectivity index (χ3n) is 4.69. The number of hydrogen-bond acceptors (Lipinski definition) is 3. The second kappa shape index (κ2) is 8.83. The summed E-state index contributed by atoms with van der Waals surface area (Å²) in [5.41, 5.74) is 0.925. The van der Waals surface area contributed by atoms with Crippen molar-refractivity contribution in [1.29, 1.82) is 0 Å². The van der Waals surface area contributed by atoms with Crippen LogP contribution in [0.5, 0.6) is 0 Å². The number of carbonyl (C=O) groups excluding carboxylic acids is 2. The Morgan fingerprint density at radius 3 is 2.54 bits per heavy atom. The first kappa shape index (κ1) is 18.5. The Balaban J connectivity index is 1.93. The molecule has 0 spiro atoms. The van der Waals surface area contributed by atoms with Gasteiger partial charge in [0.25, 0.3) is 0 Å². The SMILES string of the molecule is CC(C)[C@H](NC(=O)Cc1ccccc1)C(=O)N[C@@H]1CCC[C@H]1CO. The summed E-state index contributed by atoms with van der Waals surface area (Å²) >= 11 is 0. The van der Waals surface area contributed by atoms with Crippen LogP contribution in [0.4, 0.5) is 0 Å². The van der Waals surface area contributed by atoms with Crippen LogP contribution in [0.15, 0.2) is 30.3 Å². The number of rotatable bonds is 7. The molecular weight excluding hydrogens is 304 g/mol. The van der Waals surface area contributed by atoms with E-state index < -0.39 is 6.04 Å². The Hall–Kier alpha value is -1.88. The summed E-state index contributed by atoms with van der Waals surface area (Å²) in [4.78, 5) is 24.8. The zero-order chi connectivity index (χ0) is 17.5. The average Bonchev–Trinajstić information content (AvgIpc) is 3.00. The normalized spacial score (nSPS) is 21.5. The van der Waals surface area contributed by atoms with E-state index in [4.69, 9.17) is 0 Å². The van der Waals surface area contributed by atoms with Crippen molar-refractivity contribution in [3.05, 3.63) is 35.9 Å². The van der Waals surface area contributed by atoms with Gasteiger partial charge in [0.15, 0.2) is 0 Å². The van der Waals surface area contributed by atoms with Crippen LogP contribution in [0.2, 0.25) is 0 Å². The van der Waals surface area contributed by atoms with Crippen LogP contribution in [0, 0.1) is 11.8 Å². The Kier molecular flexibility index (Phi) is 6.79. The lowest BCUT2D eigenvalue weighted by Crippen LogP contribution is -2.53. The zero-order valence-electron chi connectivity index (χ0n) is 14.5. The van der Waals surface area contributed by atoms with Gasteiger partial charge >= 0.3 is 0 Å². The first-order chi connectivity index (χ1) is 11.5. The third-order valence-corrected chi connectivity index (χ3v) is 4.69. The van der Waals surface area contributed by atoms with E-state index in [1.807, 2.05) is 44.2 Å². The highest BCUT2D eigenvalue weighted by Gasteiger charge is 2.31. The summed E-state index contributed by atoms with van der Waals surface area (Å²) in [7, 11) is 0. The van der Waals surface area contributed by atoms with Crippen molar-refractivity contribution in [2.24, 2.45) is 11.8 Å². The minimum atomic E-state index is -0.554. The van der Waals surface area contributed by atoms with Gasteiger partial charge in [-0.3, -0.25) is 9.59 Å². The molecular formula is C19H28N2O3. The molecule has 3 N–H and O–H groups in total. The van der Waals surface area contributed by atoms with Crippen molar-refractivity contribution in [2.75, 3.05) is 6.61 Å². The lowest BCUT2D eigenvalue weighted by atomic mass is 10.00. The van der Waals surface area contributed by atoms with Crippen molar-refractivity contribution in [3.8, 4) is 0 Å². The van der Waals surface area contributed by atoms with Gasteiger partial charge in [-0.05, 0) is 24.3 Å². The van der Waals surface area contributed by atoms with Gasteiger partial charge in [-0.25, -0.2) is 0 Å². The highest BCUT2D eigenvalue weighted by atomic mass is 16.3. The molecule has 2 rings (SSSR count). The van der Waals surface area contributed by atoms with E-state index in [-0.39, 0.29) is 42.7 Å². The smallest absolute Gasteiger partial charge is 0.243 e. The van der Waals surface area contributed by atoms with Gasteiger partial charge in [-0.1, -0.05) is 50.6 Å². The summed E-state index contributed by atoms with van der Waals surface area (Å²) in [6, 6.07) is 8.94. The lowest BCUT2D eigenvalue weighted by molar-refractivity contribution is -0.130. The monoisotopic (exact) mass is 332 g/mol. The lowest BCUT2D eigenvalue weighted by Gasteiger charge is -2.26. The van der Waals surface area contributed by atoms with E-state index in [0.717, 1.165) is 24.8 Å². The molecule has 0 heterocycles. The number of carbonyl (C=O) groups is 2. The molecule has 1 fully saturated rings. The third kappa shape index (κ3) is 5.06. The van der Waals surface area contributed by atoms with Gasteiger partial charge in [0.1, 0.15) is 6.04 Å². The highest BCUT2D eigenvalue weighted by Crippen LogP contribution is 2.25. The van der Waals surface area contributed by atoms with E-state index >= 15 is 0 Å². The highest BCUT2D eigenvalue weighted by molar-refractivity contribution is 5.88. The minimum absolute atomic E-state index is 0.00120. The zero-order valence-corrected chi connectivity index (χ0v) is 14.5. The Morgan fingerprint density at radius 1 is 1.21 bits per heavy atom. The molecule has 0 saturated heterocycles. The van der Waals surface area contributed by atoms with Crippen molar-refractivity contribution in [3.63, 3.8) is 0 Å². The van der Waals surface area contributed by atoms with E-state index in [1.54, 1.807) is 0 Å². The van der Waals surface area contributed by atoms with E-state index in [9.17, 15) is 14.7 Å². The maximum atomic E-state index is 12.6. The fraction of sp³-hybridized carbons (Fsp3) is 0.579. The second-order valence-electron chi connectivity index (χ2n) is 6.94. The van der Waals surface area contributed by atoms with Gasteiger partial charge in [0, 0.05) is 18.6 Å². The molecule has 0 radical (unpaired) electrons. The summed E-state index contributed by atoms with van der Waals surface area (Å²) in [6.45, 7) is 3.94. The van der Waals surface area contributed by atoms with Crippen LogP contribution in [0.25, 0.3) is 0 Å². The van der Waals surface area contributed by atoms with Crippen LogP contribution in [-0.2, 0) is 16.0 Å². The van der Waals surface area contributed by atoms with Crippen LogP contribution >= 0.6 is 0 Å². The number of aliphatic hydroxyl groups is 1. The molecule has 0 aliphatic heterocycles. The molecule has 0 unspecified atom stereocenters. The predicted octanol–water partition coefficient (Wildman–Crippen LogP) is 1.65. The van der Waals surface area contributed by atoms with Crippen LogP contribution in [0.3, 0.4) is 0 Å². The molecule has 1 aromatic rings. The van der Waals surface area contributed by atoms with E-state index in [1.165, 1.54) is 0 Å². The van der Waals surface area contributed by atoms with Crippen molar-refractivity contribution in [2.45, 2.75) is 51.6 Å². The summed E-state index contributed by atoms with van der Waals surface area (Å²) in [5.74, 6) is -0.183. The van der Waals surface area contributed by atoms with Gasteiger partial charge in [-0.2, -0.15) is 0 Å². The summed E-state index contributed by atoms with van der Waals surface area (Å²) in [6.07, 6.45) is 3.11. The van der Waals surface area contributed by atoms with Crippen molar-refractivity contribution >= 4 is 11.8 Å². The van der Waals surface area contributed by atoms with E-state index in [2.05, 4.69) is 10.6 Å². The summed E-state index contributed by atoms with van der Waals surface area (Å²) < 4.78 is 0. The quantitative estimate of drug-likeness (QED) is 0.710. The van der Waals surface area contributed by atoms with Gasteiger partial charge in [-0.15, -0.1) is 0 Å². The summed E-state index contributed by atoms with van der Waals surface area (Å²) in [5, 5.41) is 15.3. The van der Waals surface area contributed by atoms with Crippen molar-refractivity contribution in [1.82, 2.24) is 10.6 Å². The molecule has 0 bridgehead atoms. The predicted molar refractivity (Wildman–Crippen MR) is 93.3 cm³/mol. The van der Waals surface area contributed by atoms with Crippen LogP contribution < -0.4 is 10.6 Å². The first-order valence-electron chi connectivity index (χ1n) is 8.75. The van der Waals surface area contributed by atoms with Crippen LogP contribution in [0.1, 0.15) is 38.7 Å². The second-order valence-corrected chi connectivity index (χ2v) is 6.94. The average molecular weight is 332 g/mol. The number of benzene rings is 1. The molecule has 1 aromatic carbocycles. The molecule has 132 valence electrons. The molecule has 0 aromatic heterocycles. The van der Waals surface area contributed by atoms with Crippen molar-refractivity contribution < 1.29 is 14.7 Å². The number of nitrogens with one attached hydrogen (secondary N) is 2. The largest absolute Gasteiger partial charge is 0.396 e. The number of amides is 2. The fourth-order valence-electron chi connectivity index (χ4n) is 3.26. The van der Waals surface area contributed by atoms with E-state index in [0.29, 0.717) is 0 Å². The molecule has 2 amide bonds. The van der Waals surface area contributed by atoms with Crippen LogP contribution in [-0.4, -0.2) is 35.6 Å². The molecule has 1 aliphatic carbocycles. The fourth-order valence-corrected chi connectivity index (χ4v) is 3.26. The molecule has 3 atom stereocenters. The standard InChI is InChI=1S/C19H28N2O3/c1-13(2)18(19(24)20-16-10-6-9-15(16)12-22)21-17(23)11-14-7-4-3-5-8-14/h3-5,7-8,13,15-16,18,22H,6,9-12H2,1-2H3,(H,20,24)(H,21,23)/t15-,16+,18-/m0/s1. The number of hydrogen-bond donors (Lipinski definition) is 3. The maximum absolute atomic E-state index is 12.6. The number of aliphatic hydroxyl groups excluding tert-OH is 1. The van der Waals surface area contributed by atoms with Gasteiger partial charge in [0.2, 0.25) is 11.8 Å².